The van der Waals surface area contributed by atoms with E-state index in [1.165, 1.54) is 11.8 Å². The van der Waals surface area contributed by atoms with Crippen LogP contribution in [0.15, 0.2) is 58.8 Å². The third kappa shape index (κ3) is 4.75. The van der Waals surface area contributed by atoms with Gasteiger partial charge in [-0.05, 0) is 53.7 Å². The van der Waals surface area contributed by atoms with Gasteiger partial charge in [-0.15, -0.1) is 10.2 Å². The number of benzene rings is 2. The minimum atomic E-state index is -0.118. The first-order chi connectivity index (χ1) is 12.0. The van der Waals surface area contributed by atoms with Gasteiger partial charge >= 0.3 is 0 Å². The van der Waals surface area contributed by atoms with Crippen LogP contribution in [-0.4, -0.2) is 20.7 Å². The monoisotopic (exact) mass is 392 g/mol. The Labute approximate surface area is 159 Å². The lowest BCUT2D eigenvalue weighted by atomic mass is 10.1. The van der Waals surface area contributed by atoms with Gasteiger partial charge in [-0.1, -0.05) is 29.3 Å². The number of nitrogens with zero attached hydrogens (tertiary/aromatic N) is 3. The maximum Gasteiger partial charge on any atom is 0.228 e. The van der Waals surface area contributed by atoms with E-state index < -0.39 is 0 Å². The predicted octanol–water partition coefficient (Wildman–Crippen LogP) is 4.45. The summed E-state index contributed by atoms with van der Waals surface area (Å²) < 4.78 is 1.84. The van der Waals surface area contributed by atoms with E-state index in [0.29, 0.717) is 10.0 Å². The molecule has 0 aliphatic rings. The highest BCUT2D eigenvalue weighted by Crippen LogP contribution is 2.26. The lowest BCUT2D eigenvalue weighted by Gasteiger charge is -2.07. The second-order valence-electron chi connectivity index (χ2n) is 5.32. The summed E-state index contributed by atoms with van der Waals surface area (Å²) in [5.74, 6) is -0.118. The average molecular weight is 393 g/mol. The average Bonchev–Trinajstić information content (AvgIpc) is 2.98. The first-order valence-corrected chi connectivity index (χ1v) is 8.94. The molecular weight excluding hydrogens is 379 g/mol. The van der Waals surface area contributed by atoms with Crippen LogP contribution in [0.25, 0.3) is 0 Å². The normalized spacial score (nSPS) is 10.7. The topological polar surface area (TPSA) is 59.8 Å². The van der Waals surface area contributed by atoms with Crippen molar-refractivity contribution in [3.8, 4) is 0 Å². The number of rotatable bonds is 5. The Hall–Kier alpha value is -2.02. The number of aromatic nitrogens is 3. The molecule has 1 heterocycles. The van der Waals surface area contributed by atoms with Crippen molar-refractivity contribution >= 4 is 46.6 Å². The molecule has 1 N–H and O–H groups in total. The number of carbonyl (C=O) groups excluding carboxylic acids is 1. The van der Waals surface area contributed by atoms with Crippen LogP contribution >= 0.6 is 35.0 Å². The van der Waals surface area contributed by atoms with Gasteiger partial charge in [-0.2, -0.15) is 0 Å². The van der Waals surface area contributed by atoms with Crippen LogP contribution in [0.1, 0.15) is 5.56 Å². The van der Waals surface area contributed by atoms with Gasteiger partial charge in [0.1, 0.15) is 6.33 Å². The molecule has 0 atom stereocenters. The number of halogens is 2. The number of anilines is 1. The zero-order valence-corrected chi connectivity index (χ0v) is 15.6. The van der Waals surface area contributed by atoms with Crippen molar-refractivity contribution in [2.45, 2.75) is 16.5 Å². The van der Waals surface area contributed by atoms with E-state index in [1.54, 1.807) is 24.5 Å². The SMILES string of the molecule is Cn1cnnc1Sc1ccc(NC(=O)Cc2ccc(Cl)c(Cl)c2)cc1. The summed E-state index contributed by atoms with van der Waals surface area (Å²) >= 11 is 13.3. The summed E-state index contributed by atoms with van der Waals surface area (Å²) in [6, 6.07) is 12.7. The summed E-state index contributed by atoms with van der Waals surface area (Å²) in [7, 11) is 1.89. The number of nitrogens with one attached hydrogen (secondary N) is 1. The van der Waals surface area contributed by atoms with E-state index in [4.69, 9.17) is 23.2 Å². The van der Waals surface area contributed by atoms with E-state index in [2.05, 4.69) is 15.5 Å². The number of hydrogen-bond acceptors (Lipinski definition) is 4. The second-order valence-corrected chi connectivity index (χ2v) is 7.18. The number of aryl methyl sites for hydroxylation is 1. The lowest BCUT2D eigenvalue weighted by molar-refractivity contribution is -0.115. The van der Waals surface area contributed by atoms with Crippen LogP contribution in [0.4, 0.5) is 5.69 Å². The van der Waals surface area contributed by atoms with E-state index in [9.17, 15) is 4.79 Å². The van der Waals surface area contributed by atoms with Gasteiger partial charge in [-0.3, -0.25) is 4.79 Å². The van der Waals surface area contributed by atoms with E-state index in [1.807, 2.05) is 35.9 Å². The van der Waals surface area contributed by atoms with Gasteiger partial charge in [0.15, 0.2) is 5.16 Å². The van der Waals surface area contributed by atoms with Crippen molar-refractivity contribution < 1.29 is 4.79 Å². The molecule has 25 heavy (non-hydrogen) atoms. The fourth-order valence-electron chi connectivity index (χ4n) is 2.12. The largest absolute Gasteiger partial charge is 0.326 e. The fourth-order valence-corrected chi connectivity index (χ4v) is 3.20. The molecule has 0 spiro atoms. The van der Waals surface area contributed by atoms with Gasteiger partial charge in [-0.25, -0.2) is 0 Å². The highest BCUT2D eigenvalue weighted by atomic mass is 35.5. The minimum Gasteiger partial charge on any atom is -0.326 e. The third-order valence-corrected chi connectivity index (χ3v) is 5.16. The molecule has 1 aromatic heterocycles. The Kier molecular flexibility index (Phi) is 5.63. The molecule has 3 aromatic rings. The third-order valence-electron chi connectivity index (χ3n) is 3.37. The van der Waals surface area contributed by atoms with Gasteiger partial charge in [0.2, 0.25) is 5.91 Å². The van der Waals surface area contributed by atoms with Crippen molar-refractivity contribution in [1.82, 2.24) is 14.8 Å². The zero-order chi connectivity index (χ0) is 17.8. The van der Waals surface area contributed by atoms with Crippen LogP contribution in [0, 0.1) is 0 Å². The van der Waals surface area contributed by atoms with Crippen LogP contribution in [-0.2, 0) is 18.3 Å². The number of amides is 1. The Morgan fingerprint density at radius 3 is 2.56 bits per heavy atom. The fraction of sp³-hybridized carbons (Fsp3) is 0.118. The maximum atomic E-state index is 12.1. The molecule has 0 radical (unpaired) electrons. The van der Waals surface area contributed by atoms with E-state index in [0.717, 1.165) is 21.3 Å². The smallest absolute Gasteiger partial charge is 0.228 e. The van der Waals surface area contributed by atoms with Crippen molar-refractivity contribution in [3.05, 3.63) is 64.4 Å². The molecule has 3 rings (SSSR count). The molecule has 0 bridgehead atoms. The number of hydrogen-bond donors (Lipinski definition) is 1. The van der Waals surface area contributed by atoms with Gasteiger partial charge < -0.3 is 9.88 Å². The van der Waals surface area contributed by atoms with Crippen molar-refractivity contribution in [3.63, 3.8) is 0 Å². The first kappa shape index (κ1) is 17.8. The Morgan fingerprint density at radius 2 is 1.92 bits per heavy atom. The van der Waals surface area contributed by atoms with Crippen LogP contribution in [0.5, 0.6) is 0 Å². The quantitative estimate of drug-likeness (QED) is 0.696. The Morgan fingerprint density at radius 1 is 1.16 bits per heavy atom. The molecule has 0 aliphatic carbocycles. The summed E-state index contributed by atoms with van der Waals surface area (Å²) in [5, 5.41) is 12.5. The molecule has 0 fully saturated rings. The summed E-state index contributed by atoms with van der Waals surface area (Å²) in [4.78, 5) is 13.2. The Balaban J connectivity index is 1.60. The van der Waals surface area contributed by atoms with Crippen molar-refractivity contribution in [2.75, 3.05) is 5.32 Å². The molecule has 8 heteroatoms. The molecule has 2 aromatic carbocycles. The first-order valence-electron chi connectivity index (χ1n) is 7.37. The predicted molar refractivity (Wildman–Crippen MR) is 100 cm³/mol. The molecule has 0 saturated heterocycles. The zero-order valence-electron chi connectivity index (χ0n) is 13.2. The summed E-state index contributed by atoms with van der Waals surface area (Å²) in [6.07, 6.45) is 1.88. The summed E-state index contributed by atoms with van der Waals surface area (Å²) in [6.45, 7) is 0. The van der Waals surface area contributed by atoms with Crippen LogP contribution in [0.3, 0.4) is 0 Å². The summed E-state index contributed by atoms with van der Waals surface area (Å²) in [5.41, 5.74) is 1.54. The highest BCUT2D eigenvalue weighted by Gasteiger charge is 2.07. The van der Waals surface area contributed by atoms with Crippen molar-refractivity contribution in [1.29, 1.82) is 0 Å². The molecule has 128 valence electrons. The van der Waals surface area contributed by atoms with Gasteiger partial charge in [0.05, 0.1) is 16.5 Å². The second kappa shape index (κ2) is 7.91. The van der Waals surface area contributed by atoms with Crippen molar-refractivity contribution in [2.24, 2.45) is 7.05 Å². The van der Waals surface area contributed by atoms with Gasteiger partial charge in [0, 0.05) is 17.6 Å². The Bertz CT molecular complexity index is 896. The molecule has 1 amide bonds. The standard InChI is InChI=1S/C17H14Cl2N4OS/c1-23-10-20-22-17(23)25-13-5-3-12(4-6-13)21-16(24)9-11-2-7-14(18)15(19)8-11/h2-8,10H,9H2,1H3,(H,21,24). The minimum absolute atomic E-state index is 0.118. The van der Waals surface area contributed by atoms with Crippen LogP contribution < -0.4 is 5.32 Å². The lowest BCUT2D eigenvalue weighted by Crippen LogP contribution is -2.14. The van der Waals surface area contributed by atoms with Gasteiger partial charge in [0.25, 0.3) is 0 Å². The molecule has 0 saturated carbocycles. The van der Waals surface area contributed by atoms with E-state index in [-0.39, 0.29) is 12.3 Å². The molecule has 0 aliphatic heterocycles. The van der Waals surface area contributed by atoms with E-state index >= 15 is 0 Å². The molecule has 5 nitrogen and oxygen atoms in total. The number of carbonyl (C=O) groups is 1. The molecular formula is C17H14Cl2N4OS. The maximum absolute atomic E-state index is 12.1. The van der Waals surface area contributed by atoms with Crippen LogP contribution in [0.2, 0.25) is 10.0 Å². The molecule has 0 unspecified atom stereocenters. The highest BCUT2D eigenvalue weighted by molar-refractivity contribution is 7.99.